The molecule has 0 aromatic heterocycles. The molecule has 0 atom stereocenters. The summed E-state index contributed by atoms with van der Waals surface area (Å²) >= 11 is 0. The van der Waals surface area contributed by atoms with Gasteiger partial charge in [0, 0.05) is 12.8 Å². The molecule has 0 radical (unpaired) electrons. The average Bonchev–Trinajstić information content (AvgIpc) is 2.36. The monoisotopic (exact) mass is 298 g/mol. The molecule has 1 aromatic carbocycles. The van der Waals surface area contributed by atoms with Crippen LogP contribution in [0.4, 0.5) is 0 Å². The van der Waals surface area contributed by atoms with Crippen molar-refractivity contribution in [3.05, 3.63) is 29.8 Å². The lowest BCUT2D eigenvalue weighted by atomic mass is 9.75. The van der Waals surface area contributed by atoms with Crippen molar-refractivity contribution >= 4 is 16.6 Å². The highest BCUT2D eigenvalue weighted by Gasteiger charge is 2.47. The number of rotatable bonds is 6. The van der Waals surface area contributed by atoms with Gasteiger partial charge in [0.25, 0.3) is 16.6 Å². The molecule has 1 aromatic rings. The Bertz CT molecular complexity index is 570. The number of carbonyl (C=O) groups excluding carboxylic acids is 1. The van der Waals surface area contributed by atoms with Gasteiger partial charge in [-0.1, -0.05) is 24.6 Å². The Morgan fingerprint density at radius 2 is 1.90 bits per heavy atom. The summed E-state index contributed by atoms with van der Waals surface area (Å²) in [7, 11) is -3.75. The number of benzene rings is 1. The van der Waals surface area contributed by atoms with Crippen LogP contribution in [0.5, 0.6) is 0 Å². The van der Waals surface area contributed by atoms with E-state index >= 15 is 0 Å². The second-order valence-corrected chi connectivity index (χ2v) is 6.72. The molecule has 0 aliphatic heterocycles. The van der Waals surface area contributed by atoms with Gasteiger partial charge >= 0.3 is 0 Å². The fourth-order valence-electron chi connectivity index (χ4n) is 2.35. The van der Waals surface area contributed by atoms with Crippen LogP contribution in [0.15, 0.2) is 29.2 Å². The van der Waals surface area contributed by atoms with Crippen molar-refractivity contribution in [2.75, 3.05) is 0 Å². The smallest absolute Gasteiger partial charge is 0.297 e. The summed E-state index contributed by atoms with van der Waals surface area (Å²) in [5.74, 6) is 0. The van der Waals surface area contributed by atoms with Crippen LogP contribution in [-0.4, -0.2) is 26.6 Å². The third kappa shape index (κ3) is 3.02. The molecule has 2 rings (SSSR count). The lowest BCUT2D eigenvalue weighted by Crippen LogP contribution is -2.50. The maximum atomic E-state index is 12.1. The second kappa shape index (κ2) is 5.54. The van der Waals surface area contributed by atoms with Crippen LogP contribution >= 0.6 is 0 Å². The predicted octanol–water partition coefficient (Wildman–Crippen LogP) is 2.18. The normalized spacial score (nSPS) is 25.8. The van der Waals surface area contributed by atoms with E-state index in [1.54, 1.807) is 12.1 Å². The fourth-order valence-corrected chi connectivity index (χ4v) is 3.42. The van der Waals surface area contributed by atoms with E-state index in [0.717, 1.165) is 5.56 Å². The summed E-state index contributed by atoms with van der Waals surface area (Å²) in [5.41, 5.74) is 0.423. The number of hydrogen-bond donors (Lipinski definition) is 0. The lowest BCUT2D eigenvalue weighted by molar-refractivity contribution is -0.166. The third-order valence-corrected chi connectivity index (χ3v) is 5.09. The molecule has 1 aliphatic carbocycles. The second-order valence-electron chi connectivity index (χ2n) is 5.14. The largest absolute Gasteiger partial charge is 0.461 e. The highest BCUT2D eigenvalue weighted by Crippen LogP contribution is 2.41. The van der Waals surface area contributed by atoms with Gasteiger partial charge in [-0.2, -0.15) is 8.42 Å². The molecule has 6 heteroatoms. The summed E-state index contributed by atoms with van der Waals surface area (Å²) < 4.78 is 34.3. The first-order valence-electron chi connectivity index (χ1n) is 6.52. The highest BCUT2D eigenvalue weighted by atomic mass is 32.2. The van der Waals surface area contributed by atoms with Crippen molar-refractivity contribution in [3.8, 4) is 0 Å². The van der Waals surface area contributed by atoms with Gasteiger partial charge in [-0.25, -0.2) is 0 Å². The van der Waals surface area contributed by atoms with Gasteiger partial charge in [-0.15, -0.1) is 0 Å². The van der Waals surface area contributed by atoms with E-state index in [1.807, 2.05) is 13.8 Å². The van der Waals surface area contributed by atoms with E-state index in [4.69, 9.17) is 8.92 Å². The molecule has 0 bridgehead atoms. The molecule has 20 heavy (non-hydrogen) atoms. The first-order chi connectivity index (χ1) is 9.41. The number of carbonyl (C=O) groups is 1. The first kappa shape index (κ1) is 15.0. The maximum absolute atomic E-state index is 12.1. The van der Waals surface area contributed by atoms with E-state index in [0.29, 0.717) is 25.7 Å². The molecule has 5 nitrogen and oxygen atoms in total. The van der Waals surface area contributed by atoms with Crippen molar-refractivity contribution in [2.24, 2.45) is 0 Å². The number of ether oxygens (including phenoxy) is 1. The summed E-state index contributed by atoms with van der Waals surface area (Å²) in [4.78, 5) is 10.6. The summed E-state index contributed by atoms with van der Waals surface area (Å²) in [6.07, 6.45) is 1.04. The average molecular weight is 298 g/mol. The Morgan fingerprint density at radius 1 is 1.30 bits per heavy atom. The number of hydrogen-bond acceptors (Lipinski definition) is 5. The Balaban J connectivity index is 2.01. The molecule has 1 fully saturated rings. The zero-order valence-electron chi connectivity index (χ0n) is 11.5. The SMILES string of the molecule is CCC1(OC=O)CC(OS(=O)(=O)c2ccc(C)cc2)C1. The standard InChI is InChI=1S/C14H18O5S/c1-3-14(18-10-15)8-12(9-14)19-20(16,17)13-6-4-11(2)5-7-13/h4-7,10,12H,3,8-9H2,1-2H3. The first-order valence-corrected chi connectivity index (χ1v) is 7.93. The Labute approximate surface area is 119 Å². The van der Waals surface area contributed by atoms with Crippen LogP contribution in [0.2, 0.25) is 0 Å². The van der Waals surface area contributed by atoms with Gasteiger partial charge in [0.1, 0.15) is 5.60 Å². The molecule has 0 heterocycles. The van der Waals surface area contributed by atoms with Gasteiger partial charge < -0.3 is 4.74 Å². The Hall–Kier alpha value is -1.40. The van der Waals surface area contributed by atoms with Gasteiger partial charge in [0.05, 0.1) is 11.0 Å². The maximum Gasteiger partial charge on any atom is 0.297 e. The zero-order valence-corrected chi connectivity index (χ0v) is 12.4. The van der Waals surface area contributed by atoms with Crippen LogP contribution in [0, 0.1) is 6.92 Å². The minimum absolute atomic E-state index is 0.147. The summed E-state index contributed by atoms with van der Waals surface area (Å²) in [6, 6.07) is 6.50. The lowest BCUT2D eigenvalue weighted by Gasteiger charge is -2.44. The molecule has 0 amide bonds. The predicted molar refractivity (Wildman–Crippen MR) is 72.6 cm³/mol. The Morgan fingerprint density at radius 3 is 2.40 bits per heavy atom. The van der Waals surface area contributed by atoms with Crippen molar-refractivity contribution in [1.29, 1.82) is 0 Å². The third-order valence-electron chi connectivity index (χ3n) is 3.71. The van der Waals surface area contributed by atoms with Crippen LogP contribution in [0.3, 0.4) is 0 Å². The van der Waals surface area contributed by atoms with Gasteiger partial charge in [-0.3, -0.25) is 8.98 Å². The van der Waals surface area contributed by atoms with Crippen LogP contribution in [-0.2, 0) is 23.8 Å². The molecule has 1 aliphatic rings. The van der Waals surface area contributed by atoms with Gasteiger partial charge in [0.15, 0.2) is 0 Å². The summed E-state index contributed by atoms with van der Waals surface area (Å²) in [6.45, 7) is 4.19. The van der Waals surface area contributed by atoms with Crippen LogP contribution in [0.1, 0.15) is 31.7 Å². The fraction of sp³-hybridized carbons (Fsp3) is 0.500. The van der Waals surface area contributed by atoms with Crippen molar-refractivity contribution in [1.82, 2.24) is 0 Å². The van der Waals surface area contributed by atoms with Crippen LogP contribution in [0.25, 0.3) is 0 Å². The van der Waals surface area contributed by atoms with E-state index in [-0.39, 0.29) is 4.90 Å². The van der Waals surface area contributed by atoms with Crippen molar-refractivity contribution in [2.45, 2.75) is 49.7 Å². The van der Waals surface area contributed by atoms with Crippen molar-refractivity contribution in [3.63, 3.8) is 0 Å². The quantitative estimate of drug-likeness (QED) is 0.595. The highest BCUT2D eigenvalue weighted by molar-refractivity contribution is 7.86. The molecule has 0 saturated heterocycles. The topological polar surface area (TPSA) is 69.7 Å². The zero-order chi connectivity index (χ0) is 14.8. The van der Waals surface area contributed by atoms with E-state index in [9.17, 15) is 13.2 Å². The molecule has 1 saturated carbocycles. The van der Waals surface area contributed by atoms with E-state index in [2.05, 4.69) is 0 Å². The van der Waals surface area contributed by atoms with Crippen molar-refractivity contribution < 1.29 is 22.1 Å². The Kier molecular flexibility index (Phi) is 4.15. The van der Waals surface area contributed by atoms with Gasteiger partial charge in [-0.05, 0) is 25.5 Å². The van der Waals surface area contributed by atoms with E-state index < -0.39 is 21.8 Å². The molecule has 0 unspecified atom stereocenters. The van der Waals surface area contributed by atoms with Crippen LogP contribution < -0.4 is 0 Å². The minimum Gasteiger partial charge on any atom is -0.461 e. The minimum atomic E-state index is -3.75. The summed E-state index contributed by atoms with van der Waals surface area (Å²) in [5, 5.41) is 0. The molecule has 110 valence electrons. The van der Waals surface area contributed by atoms with E-state index in [1.165, 1.54) is 12.1 Å². The molecule has 0 spiro atoms. The van der Waals surface area contributed by atoms with Gasteiger partial charge in [0.2, 0.25) is 0 Å². The molecule has 0 N–H and O–H groups in total. The molecular weight excluding hydrogens is 280 g/mol. The molecular formula is C14H18O5S. The number of aryl methyl sites for hydroxylation is 1.